The number of likely N-dealkylation sites (tertiary alicyclic amines) is 1. The summed E-state index contributed by atoms with van der Waals surface area (Å²) in [5.41, 5.74) is 3.84. The summed E-state index contributed by atoms with van der Waals surface area (Å²) in [6, 6.07) is 10.6. The van der Waals surface area contributed by atoms with Crippen LogP contribution in [0, 0.1) is 0 Å². The van der Waals surface area contributed by atoms with Crippen LogP contribution >= 0.6 is 23.1 Å². The number of hydrogen-bond donors (Lipinski definition) is 0. The largest absolute Gasteiger partial charge is 0.495 e. The number of carbonyl (C=O) groups is 2. The molecule has 0 aliphatic carbocycles. The molecule has 0 saturated carbocycles. The van der Waals surface area contributed by atoms with E-state index >= 15 is 0 Å². The van der Waals surface area contributed by atoms with Crippen LogP contribution in [-0.4, -0.2) is 57.6 Å². The van der Waals surface area contributed by atoms with Crippen molar-refractivity contribution >= 4 is 35.1 Å². The lowest BCUT2D eigenvalue weighted by Gasteiger charge is -2.23. The minimum absolute atomic E-state index is 0.000597. The molecule has 0 radical (unpaired) electrons. The van der Waals surface area contributed by atoms with Crippen molar-refractivity contribution in [1.29, 1.82) is 0 Å². The molecule has 1 aliphatic heterocycles. The lowest BCUT2D eigenvalue weighted by atomic mass is 9.96. The molecule has 41 heavy (non-hydrogen) atoms. The molecule has 220 valence electrons. The zero-order valence-electron chi connectivity index (χ0n) is 22.7. The third kappa shape index (κ3) is 7.55. The summed E-state index contributed by atoms with van der Waals surface area (Å²) >= 11 is 7.68. The van der Waals surface area contributed by atoms with E-state index in [0.717, 1.165) is 27.3 Å². The van der Waals surface area contributed by atoms with Gasteiger partial charge >= 0.3 is 18.1 Å². The average Bonchev–Trinajstić information content (AvgIpc) is 3.60. The Labute approximate surface area is 244 Å². The Balaban J connectivity index is 1.45. The molecule has 1 atom stereocenters. The number of carbonyl (C=O) groups excluding carboxylic acids is 2. The molecular formula is C28H29ClF3N3O5S. The van der Waals surface area contributed by atoms with Crippen molar-refractivity contribution in [3.63, 3.8) is 0 Å². The van der Waals surface area contributed by atoms with Crippen LogP contribution in [0.25, 0.3) is 22.0 Å². The van der Waals surface area contributed by atoms with Crippen LogP contribution in [0.1, 0.15) is 44.7 Å². The predicted molar refractivity (Wildman–Crippen MR) is 147 cm³/mol. The first kappa shape index (κ1) is 30.7. The Morgan fingerprint density at radius 2 is 1.98 bits per heavy atom. The summed E-state index contributed by atoms with van der Waals surface area (Å²) in [5.74, 6) is -2.39. The van der Waals surface area contributed by atoms with E-state index in [2.05, 4.69) is 14.1 Å². The van der Waals surface area contributed by atoms with Crippen molar-refractivity contribution in [1.82, 2.24) is 14.3 Å². The fourth-order valence-corrected chi connectivity index (χ4v) is 5.63. The van der Waals surface area contributed by atoms with Gasteiger partial charge in [0, 0.05) is 17.7 Å². The smallest absolute Gasteiger partial charge is 0.489 e. The van der Waals surface area contributed by atoms with E-state index in [9.17, 15) is 22.8 Å². The summed E-state index contributed by atoms with van der Waals surface area (Å²) < 4.78 is 47.4. The quantitative estimate of drug-likeness (QED) is 0.202. The van der Waals surface area contributed by atoms with Crippen LogP contribution in [0.5, 0.6) is 5.75 Å². The van der Waals surface area contributed by atoms with Gasteiger partial charge in [-0.05, 0) is 86.9 Å². The lowest BCUT2D eigenvalue weighted by molar-refractivity contribution is -0.287. The highest BCUT2D eigenvalue weighted by Crippen LogP contribution is 2.34. The first-order valence-corrected chi connectivity index (χ1v) is 14.3. The highest BCUT2D eigenvalue weighted by Gasteiger charge is 2.44. The molecular weight excluding hydrogens is 583 g/mol. The Bertz CT molecular complexity index is 1400. The zero-order chi connectivity index (χ0) is 29.7. The molecule has 0 unspecified atom stereocenters. The fourth-order valence-electron chi connectivity index (χ4n) is 4.74. The second kappa shape index (κ2) is 13.2. The van der Waals surface area contributed by atoms with Crippen LogP contribution < -0.4 is 4.74 Å². The molecule has 0 bridgehead atoms. The van der Waals surface area contributed by atoms with Crippen molar-refractivity contribution in [2.75, 3.05) is 13.1 Å². The summed E-state index contributed by atoms with van der Waals surface area (Å²) in [6.07, 6.45) is -2.90. The number of alkyl halides is 3. The standard InChI is InChI=1S/C28H29ClF3N3O5S/c1-4-19-17(12-14-35-13-6-9-22(35)26(36)39-40-27(37)28(30,31)32)7-5-8-20(19)24-33-25(41-34-24)18-10-11-23(21(29)15-18)38-16(2)3/h5,7-8,10-11,15-16,22H,4,6,9,12-14H2,1-3H3/t22-/m0/s1. The van der Waals surface area contributed by atoms with E-state index in [0.29, 0.717) is 55.4 Å². The van der Waals surface area contributed by atoms with E-state index in [4.69, 9.17) is 21.3 Å². The van der Waals surface area contributed by atoms with Gasteiger partial charge in [0.05, 0.1) is 11.1 Å². The van der Waals surface area contributed by atoms with Crippen molar-refractivity contribution in [3.8, 4) is 27.7 Å². The first-order valence-electron chi connectivity index (χ1n) is 13.1. The normalized spacial score (nSPS) is 15.8. The first-order chi connectivity index (χ1) is 19.5. The molecule has 3 aromatic rings. The maximum atomic E-state index is 12.3. The monoisotopic (exact) mass is 611 g/mol. The molecule has 0 spiro atoms. The summed E-state index contributed by atoms with van der Waals surface area (Å²) in [6.45, 7) is 6.92. The Morgan fingerprint density at radius 3 is 2.66 bits per heavy atom. The second-order valence-corrected chi connectivity index (χ2v) is 10.9. The molecule has 1 aliphatic rings. The molecule has 1 aromatic heterocycles. The minimum Gasteiger partial charge on any atom is -0.489 e. The number of benzene rings is 2. The maximum absolute atomic E-state index is 12.3. The van der Waals surface area contributed by atoms with Crippen molar-refractivity contribution in [2.45, 2.75) is 64.8 Å². The maximum Gasteiger partial charge on any atom is 0.495 e. The number of hydrogen-bond acceptors (Lipinski definition) is 9. The Kier molecular flexibility index (Phi) is 9.88. The third-order valence-corrected chi connectivity index (χ3v) is 7.63. The van der Waals surface area contributed by atoms with Crippen molar-refractivity contribution < 1.29 is 37.3 Å². The molecule has 2 heterocycles. The van der Waals surface area contributed by atoms with Gasteiger partial charge in [0.15, 0.2) is 5.82 Å². The van der Waals surface area contributed by atoms with Gasteiger partial charge in [0.25, 0.3) is 0 Å². The molecule has 0 N–H and O–H groups in total. The zero-order valence-corrected chi connectivity index (χ0v) is 24.2. The van der Waals surface area contributed by atoms with Gasteiger partial charge in [-0.1, -0.05) is 36.7 Å². The van der Waals surface area contributed by atoms with E-state index in [1.807, 2.05) is 62.1 Å². The second-order valence-electron chi connectivity index (χ2n) is 9.75. The topological polar surface area (TPSA) is 90.9 Å². The van der Waals surface area contributed by atoms with E-state index < -0.39 is 24.2 Å². The van der Waals surface area contributed by atoms with Gasteiger partial charge in [-0.3, -0.25) is 4.90 Å². The summed E-state index contributed by atoms with van der Waals surface area (Å²) in [7, 11) is 0. The number of rotatable bonds is 9. The van der Waals surface area contributed by atoms with Gasteiger partial charge in [-0.15, -0.1) is 0 Å². The molecule has 0 amide bonds. The van der Waals surface area contributed by atoms with Crippen LogP contribution in [0.3, 0.4) is 0 Å². The molecule has 1 saturated heterocycles. The van der Waals surface area contributed by atoms with Crippen LogP contribution in [0.15, 0.2) is 36.4 Å². The molecule has 8 nitrogen and oxygen atoms in total. The van der Waals surface area contributed by atoms with Gasteiger partial charge in [-0.2, -0.15) is 17.5 Å². The average molecular weight is 612 g/mol. The molecule has 4 rings (SSSR count). The number of ether oxygens (including phenoxy) is 1. The van der Waals surface area contributed by atoms with Crippen LogP contribution in [0.4, 0.5) is 13.2 Å². The SMILES string of the molecule is CCc1c(CCN2CCC[C@H]2C(=O)OOC(=O)C(F)(F)F)cccc1-c1nsc(-c2ccc(OC(C)C)c(Cl)c2)n1. The lowest BCUT2D eigenvalue weighted by Crippen LogP contribution is -2.39. The Morgan fingerprint density at radius 1 is 1.20 bits per heavy atom. The molecule has 1 fully saturated rings. The predicted octanol–water partition coefficient (Wildman–Crippen LogP) is 6.45. The van der Waals surface area contributed by atoms with Gasteiger partial charge < -0.3 is 4.74 Å². The Hall–Kier alpha value is -3.22. The van der Waals surface area contributed by atoms with Gasteiger partial charge in [-0.25, -0.2) is 24.3 Å². The van der Waals surface area contributed by atoms with E-state index in [1.165, 1.54) is 11.5 Å². The molecule has 13 heteroatoms. The third-order valence-electron chi connectivity index (χ3n) is 6.57. The van der Waals surface area contributed by atoms with Crippen LogP contribution in [0.2, 0.25) is 5.02 Å². The van der Waals surface area contributed by atoms with Crippen LogP contribution in [-0.2, 0) is 32.2 Å². The van der Waals surface area contributed by atoms with E-state index in [1.54, 1.807) is 0 Å². The van der Waals surface area contributed by atoms with E-state index in [-0.39, 0.29) is 6.10 Å². The number of nitrogens with zero attached hydrogens (tertiary/aromatic N) is 3. The van der Waals surface area contributed by atoms with Gasteiger partial charge in [0.1, 0.15) is 16.8 Å². The molecule has 2 aromatic carbocycles. The number of halogens is 4. The van der Waals surface area contributed by atoms with Crippen molar-refractivity contribution in [2.24, 2.45) is 0 Å². The highest BCUT2D eigenvalue weighted by atomic mass is 35.5. The van der Waals surface area contributed by atoms with Gasteiger partial charge in [0.2, 0.25) is 0 Å². The minimum atomic E-state index is -5.25. The summed E-state index contributed by atoms with van der Waals surface area (Å²) in [5, 5.41) is 1.21. The summed E-state index contributed by atoms with van der Waals surface area (Å²) in [4.78, 5) is 37.7. The number of aromatic nitrogens is 2. The highest BCUT2D eigenvalue weighted by molar-refractivity contribution is 7.09. The van der Waals surface area contributed by atoms with Crippen molar-refractivity contribution in [3.05, 3.63) is 52.5 Å². The fraction of sp³-hybridized carbons (Fsp3) is 0.429.